The summed E-state index contributed by atoms with van der Waals surface area (Å²) in [6.45, 7) is 6.15. The number of imidazole rings is 1. The fourth-order valence-electron chi connectivity index (χ4n) is 5.73. The number of aromatic nitrogens is 3. The molecule has 3 heterocycles. The van der Waals surface area contributed by atoms with Crippen LogP contribution in [0.2, 0.25) is 0 Å². The highest BCUT2D eigenvalue weighted by molar-refractivity contribution is 7.71. The van der Waals surface area contributed by atoms with Crippen LogP contribution in [-0.4, -0.2) is 51.4 Å². The Labute approximate surface area is 250 Å². The standard InChI is InChI=1S/C32H33FN5O2P.ClH/c1-21-20-23(33)11-13-26(21)35-32-36-28-14-12-25-22(2)27(34-31(39)29(25)30(28)37(32)3)10-7-15-38-16-18-41(40,19-17-38)24-8-5-4-6-9-24;/h4-14,20H,15-19H2,1-3H3,(H,34,39)(H,35,36);1H/b10-7+;. The Balaban J connectivity index is 0.00000353. The highest BCUT2D eigenvalue weighted by Gasteiger charge is 2.29. The van der Waals surface area contributed by atoms with Crippen molar-refractivity contribution in [1.29, 1.82) is 0 Å². The third kappa shape index (κ3) is 5.54. The molecule has 1 aliphatic heterocycles. The van der Waals surface area contributed by atoms with Crippen LogP contribution in [0, 0.1) is 19.7 Å². The number of rotatable bonds is 6. The monoisotopic (exact) mass is 605 g/mol. The van der Waals surface area contributed by atoms with E-state index in [1.165, 1.54) is 12.1 Å². The normalized spacial score (nSPS) is 15.3. The van der Waals surface area contributed by atoms with E-state index < -0.39 is 7.14 Å². The first-order chi connectivity index (χ1) is 19.7. The average Bonchev–Trinajstić information content (AvgIpc) is 3.29. The lowest BCUT2D eigenvalue weighted by molar-refractivity contribution is 0.328. The van der Waals surface area contributed by atoms with Gasteiger partial charge in [0.25, 0.3) is 5.56 Å². The fourth-order valence-corrected chi connectivity index (χ4v) is 8.39. The highest BCUT2D eigenvalue weighted by atomic mass is 35.5. The van der Waals surface area contributed by atoms with E-state index in [0.29, 0.717) is 29.2 Å². The van der Waals surface area contributed by atoms with Gasteiger partial charge in [-0.15, -0.1) is 12.4 Å². The number of nitrogens with zero attached hydrogens (tertiary/aromatic N) is 3. The summed E-state index contributed by atoms with van der Waals surface area (Å²) in [5.41, 5.74) is 4.54. The average molecular weight is 606 g/mol. The molecule has 0 spiro atoms. The molecule has 1 fully saturated rings. The molecule has 1 aliphatic rings. The quantitative estimate of drug-likeness (QED) is 0.220. The first-order valence-electron chi connectivity index (χ1n) is 13.8. The van der Waals surface area contributed by atoms with Crippen molar-refractivity contribution in [2.75, 3.05) is 37.3 Å². The molecule has 7 nitrogen and oxygen atoms in total. The van der Waals surface area contributed by atoms with Gasteiger partial charge in [-0.05, 0) is 60.7 Å². The van der Waals surface area contributed by atoms with Gasteiger partial charge in [0, 0.05) is 55.7 Å². The third-order valence-electron chi connectivity index (χ3n) is 8.18. The zero-order valence-electron chi connectivity index (χ0n) is 23.9. The maximum Gasteiger partial charge on any atom is 0.258 e. The van der Waals surface area contributed by atoms with E-state index in [-0.39, 0.29) is 23.8 Å². The Bertz CT molecular complexity index is 1910. The summed E-state index contributed by atoms with van der Waals surface area (Å²) in [5, 5.41) is 5.72. The molecular weight excluding hydrogens is 572 g/mol. The number of hydrogen-bond donors (Lipinski definition) is 2. The van der Waals surface area contributed by atoms with Gasteiger partial charge in [0.1, 0.15) is 13.0 Å². The molecule has 0 saturated carbocycles. The van der Waals surface area contributed by atoms with E-state index >= 15 is 0 Å². The van der Waals surface area contributed by atoms with Crippen molar-refractivity contribution in [2.24, 2.45) is 7.05 Å². The second-order valence-corrected chi connectivity index (χ2v) is 14.0. The Kier molecular flexibility index (Phi) is 8.42. The van der Waals surface area contributed by atoms with Crippen molar-refractivity contribution in [3.8, 4) is 0 Å². The van der Waals surface area contributed by atoms with Crippen molar-refractivity contribution < 1.29 is 8.96 Å². The topological polar surface area (TPSA) is 83.0 Å². The largest absolute Gasteiger partial charge is 0.325 e. The van der Waals surface area contributed by atoms with Crippen LogP contribution in [-0.2, 0) is 11.6 Å². The van der Waals surface area contributed by atoms with E-state index in [9.17, 15) is 13.8 Å². The first kappa shape index (κ1) is 29.8. The number of benzene rings is 3. The Morgan fingerprint density at radius 1 is 1.07 bits per heavy atom. The van der Waals surface area contributed by atoms with Gasteiger partial charge in [-0.1, -0.05) is 42.5 Å². The van der Waals surface area contributed by atoms with Gasteiger partial charge in [-0.2, -0.15) is 0 Å². The van der Waals surface area contributed by atoms with Crippen LogP contribution in [0.1, 0.15) is 16.8 Å². The molecule has 0 unspecified atom stereocenters. The number of aromatic amines is 1. The molecule has 0 aliphatic carbocycles. The number of halogens is 2. The van der Waals surface area contributed by atoms with Gasteiger partial charge in [-0.3, -0.25) is 9.69 Å². The lowest BCUT2D eigenvalue weighted by Crippen LogP contribution is -2.37. The smallest absolute Gasteiger partial charge is 0.258 e. The van der Waals surface area contributed by atoms with E-state index in [4.69, 9.17) is 4.98 Å². The Hall–Kier alpha value is -3.71. The fraction of sp³-hybridized carbons (Fsp3) is 0.250. The first-order valence-corrected chi connectivity index (χ1v) is 15.9. The van der Waals surface area contributed by atoms with Crippen LogP contribution < -0.4 is 16.2 Å². The van der Waals surface area contributed by atoms with Crippen LogP contribution in [0.15, 0.2) is 71.5 Å². The van der Waals surface area contributed by atoms with Crippen LogP contribution in [0.25, 0.3) is 27.9 Å². The molecule has 6 rings (SSSR count). The highest BCUT2D eigenvalue weighted by Crippen LogP contribution is 2.46. The Morgan fingerprint density at radius 3 is 2.52 bits per heavy atom. The van der Waals surface area contributed by atoms with Gasteiger partial charge < -0.3 is 19.4 Å². The zero-order chi connectivity index (χ0) is 28.7. The summed E-state index contributed by atoms with van der Waals surface area (Å²) in [4.78, 5) is 23.5. The SMILES string of the molecule is Cc1cc(F)ccc1Nc1nc2ccc3c(C)c(/C=C/CN4CCP(=O)(c5ccccc5)CC4)[nH]c(=O)c3c2n1C.Cl. The number of hydrogen-bond acceptors (Lipinski definition) is 5. The van der Waals surface area contributed by atoms with Gasteiger partial charge in [-0.25, -0.2) is 9.37 Å². The molecule has 0 amide bonds. The number of aryl methyl sites for hydroxylation is 3. The molecule has 1 saturated heterocycles. The minimum atomic E-state index is -2.32. The third-order valence-corrected chi connectivity index (χ3v) is 11.3. The van der Waals surface area contributed by atoms with E-state index in [1.54, 1.807) is 6.07 Å². The predicted molar refractivity (Wildman–Crippen MR) is 174 cm³/mol. The number of H-pyrrole nitrogens is 1. The van der Waals surface area contributed by atoms with E-state index in [0.717, 1.165) is 58.3 Å². The summed E-state index contributed by atoms with van der Waals surface area (Å²) in [6, 6.07) is 18.3. The molecule has 0 atom stereocenters. The van der Waals surface area contributed by atoms with E-state index in [2.05, 4.69) is 21.3 Å². The summed E-state index contributed by atoms with van der Waals surface area (Å²) in [6.07, 6.45) is 5.42. The lowest BCUT2D eigenvalue weighted by atomic mass is 10.0. The molecule has 2 N–H and O–H groups in total. The van der Waals surface area contributed by atoms with Crippen LogP contribution in [0.3, 0.4) is 0 Å². The summed E-state index contributed by atoms with van der Waals surface area (Å²) >= 11 is 0. The molecule has 3 aromatic carbocycles. The van der Waals surface area contributed by atoms with Gasteiger partial charge in [0.05, 0.1) is 16.4 Å². The van der Waals surface area contributed by atoms with Crippen molar-refractivity contribution in [1.82, 2.24) is 19.4 Å². The molecule has 10 heteroatoms. The molecule has 218 valence electrons. The summed E-state index contributed by atoms with van der Waals surface area (Å²) in [5.74, 6) is 0.280. The van der Waals surface area contributed by atoms with Crippen molar-refractivity contribution in [3.05, 3.63) is 99.7 Å². The van der Waals surface area contributed by atoms with Gasteiger partial charge in [0.2, 0.25) is 5.95 Å². The molecule has 5 aromatic rings. The minimum absolute atomic E-state index is 0. The molecule has 42 heavy (non-hydrogen) atoms. The second kappa shape index (κ2) is 11.9. The lowest BCUT2D eigenvalue weighted by Gasteiger charge is -2.31. The minimum Gasteiger partial charge on any atom is -0.325 e. The molecule has 0 radical (unpaired) electrons. The number of fused-ring (bicyclic) bond motifs is 3. The number of pyridine rings is 1. The second-order valence-electron chi connectivity index (χ2n) is 10.8. The summed E-state index contributed by atoms with van der Waals surface area (Å²) in [7, 11) is -0.453. The van der Waals surface area contributed by atoms with Crippen molar-refractivity contribution in [2.45, 2.75) is 13.8 Å². The predicted octanol–water partition coefficient (Wildman–Crippen LogP) is 6.35. The molecular formula is C32H34ClFN5O2P. The number of nitrogens with one attached hydrogen (secondary N) is 2. The molecule has 0 bridgehead atoms. The maximum atomic E-state index is 13.6. The molecule has 2 aromatic heterocycles. The van der Waals surface area contributed by atoms with Crippen molar-refractivity contribution >= 4 is 64.4 Å². The zero-order valence-corrected chi connectivity index (χ0v) is 25.6. The number of anilines is 2. The van der Waals surface area contributed by atoms with Gasteiger partial charge >= 0.3 is 0 Å². The summed E-state index contributed by atoms with van der Waals surface area (Å²) < 4.78 is 28.9. The maximum absolute atomic E-state index is 13.6. The van der Waals surface area contributed by atoms with Crippen LogP contribution >= 0.6 is 19.5 Å². The Morgan fingerprint density at radius 2 is 1.81 bits per heavy atom. The van der Waals surface area contributed by atoms with E-state index in [1.807, 2.05) is 74.0 Å². The van der Waals surface area contributed by atoms with Crippen molar-refractivity contribution in [3.63, 3.8) is 0 Å². The van der Waals surface area contributed by atoms with Crippen LogP contribution in [0.4, 0.5) is 16.0 Å². The van der Waals surface area contributed by atoms with Gasteiger partial charge in [0.15, 0.2) is 0 Å². The van der Waals surface area contributed by atoms with Crippen LogP contribution in [0.5, 0.6) is 0 Å².